The fraction of sp³-hybridized carbons (Fsp3) is 0.467. The van der Waals surface area contributed by atoms with E-state index in [0.717, 1.165) is 24.8 Å². The molecule has 0 saturated carbocycles. The van der Waals surface area contributed by atoms with Crippen molar-refractivity contribution in [2.24, 2.45) is 0 Å². The van der Waals surface area contributed by atoms with Crippen LogP contribution in [0.15, 0.2) is 30.3 Å². The van der Waals surface area contributed by atoms with Crippen molar-refractivity contribution in [3.8, 4) is 0 Å². The zero-order valence-electron chi connectivity index (χ0n) is 11.4. The van der Waals surface area contributed by atoms with E-state index in [9.17, 15) is 9.59 Å². The first kappa shape index (κ1) is 14.4. The lowest BCUT2D eigenvalue weighted by atomic mass is 10.00. The highest BCUT2D eigenvalue weighted by atomic mass is 16.4. The molecule has 108 valence electrons. The molecule has 1 aliphatic rings. The number of hydrogen-bond donors (Lipinski definition) is 2. The van der Waals surface area contributed by atoms with Gasteiger partial charge in [-0.1, -0.05) is 30.3 Å². The average molecular weight is 276 g/mol. The zero-order valence-corrected chi connectivity index (χ0v) is 11.4. The van der Waals surface area contributed by atoms with E-state index < -0.39 is 5.97 Å². The SMILES string of the molecule is O=C(O)CC1CCCCN1C(=O)NCc1ccccc1. The molecule has 5 nitrogen and oxygen atoms in total. The number of carboxylic acid groups (broad SMARTS) is 1. The zero-order chi connectivity index (χ0) is 14.4. The summed E-state index contributed by atoms with van der Waals surface area (Å²) in [6.45, 7) is 1.11. The van der Waals surface area contributed by atoms with Crippen LogP contribution in [0.2, 0.25) is 0 Å². The molecule has 5 heteroatoms. The van der Waals surface area contributed by atoms with Gasteiger partial charge < -0.3 is 15.3 Å². The minimum absolute atomic E-state index is 0.0265. The van der Waals surface area contributed by atoms with Crippen LogP contribution in [0.25, 0.3) is 0 Å². The van der Waals surface area contributed by atoms with Crippen molar-refractivity contribution in [1.82, 2.24) is 10.2 Å². The summed E-state index contributed by atoms with van der Waals surface area (Å²) in [5, 5.41) is 11.8. The van der Waals surface area contributed by atoms with Gasteiger partial charge in [-0.15, -0.1) is 0 Å². The van der Waals surface area contributed by atoms with Crippen molar-refractivity contribution in [2.45, 2.75) is 38.3 Å². The molecule has 20 heavy (non-hydrogen) atoms. The van der Waals surface area contributed by atoms with Crippen molar-refractivity contribution in [3.05, 3.63) is 35.9 Å². The third-order valence-electron chi connectivity index (χ3n) is 3.58. The average Bonchev–Trinajstić information content (AvgIpc) is 2.46. The fourth-order valence-corrected chi connectivity index (χ4v) is 2.56. The van der Waals surface area contributed by atoms with Gasteiger partial charge in [0.25, 0.3) is 0 Å². The van der Waals surface area contributed by atoms with Gasteiger partial charge in [0.15, 0.2) is 0 Å². The van der Waals surface area contributed by atoms with Crippen LogP contribution in [0.3, 0.4) is 0 Å². The largest absolute Gasteiger partial charge is 0.481 e. The van der Waals surface area contributed by atoms with Crippen LogP contribution in [0.5, 0.6) is 0 Å². The summed E-state index contributed by atoms with van der Waals surface area (Å²) in [7, 11) is 0. The van der Waals surface area contributed by atoms with E-state index in [1.165, 1.54) is 0 Å². The minimum Gasteiger partial charge on any atom is -0.481 e. The second kappa shape index (κ2) is 6.93. The number of amides is 2. The van der Waals surface area contributed by atoms with Gasteiger partial charge in [0.1, 0.15) is 0 Å². The van der Waals surface area contributed by atoms with Crippen molar-refractivity contribution >= 4 is 12.0 Å². The van der Waals surface area contributed by atoms with Crippen LogP contribution < -0.4 is 5.32 Å². The monoisotopic (exact) mass is 276 g/mol. The predicted molar refractivity (Wildman–Crippen MR) is 75.3 cm³/mol. The number of benzene rings is 1. The Morgan fingerprint density at radius 3 is 2.70 bits per heavy atom. The number of nitrogens with zero attached hydrogens (tertiary/aromatic N) is 1. The van der Waals surface area contributed by atoms with Crippen molar-refractivity contribution in [1.29, 1.82) is 0 Å². The Morgan fingerprint density at radius 1 is 1.25 bits per heavy atom. The number of hydrogen-bond acceptors (Lipinski definition) is 2. The van der Waals surface area contributed by atoms with Crippen LogP contribution in [0.4, 0.5) is 4.79 Å². The molecule has 1 atom stereocenters. The molecule has 1 aliphatic heterocycles. The molecular formula is C15H20N2O3. The molecule has 1 aromatic rings. The number of nitrogens with one attached hydrogen (secondary N) is 1. The van der Waals surface area contributed by atoms with E-state index in [1.807, 2.05) is 30.3 Å². The van der Waals surface area contributed by atoms with Gasteiger partial charge in [0.05, 0.1) is 6.42 Å². The standard InChI is InChI=1S/C15H20N2O3/c18-14(19)10-13-8-4-5-9-17(13)15(20)16-11-12-6-2-1-3-7-12/h1-3,6-7,13H,4-5,8-11H2,(H,16,20)(H,18,19). The highest BCUT2D eigenvalue weighted by Crippen LogP contribution is 2.19. The molecule has 0 aliphatic carbocycles. The Balaban J connectivity index is 1.90. The molecule has 0 aromatic heterocycles. The van der Waals surface area contributed by atoms with Crippen LogP contribution in [0.1, 0.15) is 31.2 Å². The molecule has 0 radical (unpaired) electrons. The van der Waals surface area contributed by atoms with Gasteiger partial charge in [0, 0.05) is 19.1 Å². The highest BCUT2D eigenvalue weighted by Gasteiger charge is 2.28. The topological polar surface area (TPSA) is 69.6 Å². The Bertz CT molecular complexity index is 461. The molecule has 1 heterocycles. The molecule has 1 fully saturated rings. The first-order chi connectivity index (χ1) is 9.66. The lowest BCUT2D eigenvalue weighted by molar-refractivity contribution is -0.138. The first-order valence-electron chi connectivity index (χ1n) is 6.97. The normalized spacial score (nSPS) is 18.6. The first-order valence-corrected chi connectivity index (χ1v) is 6.97. The number of urea groups is 1. The maximum atomic E-state index is 12.2. The second-order valence-electron chi connectivity index (χ2n) is 5.09. The Hall–Kier alpha value is -2.04. The summed E-state index contributed by atoms with van der Waals surface area (Å²) < 4.78 is 0. The van der Waals surface area contributed by atoms with Gasteiger partial charge in [-0.05, 0) is 24.8 Å². The third-order valence-corrected chi connectivity index (χ3v) is 3.58. The van der Waals surface area contributed by atoms with E-state index >= 15 is 0 Å². The maximum Gasteiger partial charge on any atom is 0.317 e. The number of carboxylic acids is 1. The predicted octanol–water partition coefficient (Wildman–Crippen LogP) is 2.23. The van der Waals surface area contributed by atoms with Crippen LogP contribution in [-0.4, -0.2) is 34.6 Å². The molecule has 2 rings (SSSR count). The van der Waals surface area contributed by atoms with E-state index in [4.69, 9.17) is 5.11 Å². The van der Waals surface area contributed by atoms with Gasteiger partial charge in [-0.3, -0.25) is 4.79 Å². The van der Waals surface area contributed by atoms with Gasteiger partial charge >= 0.3 is 12.0 Å². The number of piperidine rings is 1. The smallest absolute Gasteiger partial charge is 0.317 e. The minimum atomic E-state index is -0.849. The number of likely N-dealkylation sites (tertiary alicyclic amines) is 1. The lowest BCUT2D eigenvalue weighted by Crippen LogP contribution is -2.49. The quantitative estimate of drug-likeness (QED) is 0.886. The molecular weight excluding hydrogens is 256 g/mol. The number of rotatable bonds is 4. The molecule has 1 saturated heterocycles. The third kappa shape index (κ3) is 3.98. The van der Waals surface area contributed by atoms with E-state index in [2.05, 4.69) is 5.32 Å². The van der Waals surface area contributed by atoms with Crippen LogP contribution >= 0.6 is 0 Å². The summed E-state index contributed by atoms with van der Waals surface area (Å²) in [6.07, 6.45) is 2.72. The molecule has 2 amide bonds. The van der Waals surface area contributed by atoms with Crippen molar-refractivity contribution in [2.75, 3.05) is 6.54 Å². The summed E-state index contributed by atoms with van der Waals surface area (Å²) in [5.41, 5.74) is 1.03. The molecule has 0 spiro atoms. The van der Waals surface area contributed by atoms with Crippen LogP contribution in [0, 0.1) is 0 Å². The maximum absolute atomic E-state index is 12.2. The van der Waals surface area contributed by atoms with Crippen molar-refractivity contribution < 1.29 is 14.7 Å². The summed E-state index contributed by atoms with van der Waals surface area (Å²) in [6, 6.07) is 9.33. The summed E-state index contributed by atoms with van der Waals surface area (Å²) >= 11 is 0. The van der Waals surface area contributed by atoms with Gasteiger partial charge in [-0.25, -0.2) is 4.79 Å². The number of carbonyl (C=O) groups excluding carboxylic acids is 1. The lowest BCUT2D eigenvalue weighted by Gasteiger charge is -2.34. The van der Waals surface area contributed by atoms with E-state index in [-0.39, 0.29) is 18.5 Å². The van der Waals surface area contributed by atoms with Gasteiger partial charge in [-0.2, -0.15) is 0 Å². The molecule has 2 N–H and O–H groups in total. The summed E-state index contributed by atoms with van der Waals surface area (Å²) in [5.74, 6) is -0.849. The van der Waals surface area contributed by atoms with Crippen LogP contribution in [-0.2, 0) is 11.3 Å². The van der Waals surface area contributed by atoms with E-state index in [0.29, 0.717) is 13.1 Å². The second-order valence-corrected chi connectivity index (χ2v) is 5.09. The Kier molecular flexibility index (Phi) is 4.98. The molecule has 1 unspecified atom stereocenters. The Morgan fingerprint density at radius 2 is 2.00 bits per heavy atom. The molecule has 0 bridgehead atoms. The summed E-state index contributed by atoms with van der Waals surface area (Å²) in [4.78, 5) is 24.7. The number of aliphatic carboxylic acids is 1. The Labute approximate surface area is 118 Å². The fourth-order valence-electron chi connectivity index (χ4n) is 2.56. The molecule has 1 aromatic carbocycles. The van der Waals surface area contributed by atoms with E-state index in [1.54, 1.807) is 4.90 Å². The highest BCUT2D eigenvalue weighted by molar-refractivity contribution is 5.76. The van der Waals surface area contributed by atoms with Crippen molar-refractivity contribution in [3.63, 3.8) is 0 Å². The van der Waals surface area contributed by atoms with Gasteiger partial charge in [0.2, 0.25) is 0 Å². The number of carbonyl (C=O) groups is 2.